The van der Waals surface area contributed by atoms with Gasteiger partial charge in [0, 0.05) is 22.0 Å². The molecule has 0 spiro atoms. The van der Waals surface area contributed by atoms with Crippen molar-refractivity contribution in [3.8, 4) is 5.75 Å². The highest BCUT2D eigenvalue weighted by Gasteiger charge is 2.08. The summed E-state index contributed by atoms with van der Waals surface area (Å²) in [5.41, 5.74) is 2.84. The molecule has 3 aromatic rings. The number of carbonyl (C=O) groups excluding carboxylic acids is 2. The van der Waals surface area contributed by atoms with E-state index in [0.29, 0.717) is 32.2 Å². The Morgan fingerprint density at radius 1 is 0.966 bits per heavy atom. The number of aryl methyl sites for hydroxylation is 1. The Morgan fingerprint density at radius 3 is 2.31 bits per heavy atom. The summed E-state index contributed by atoms with van der Waals surface area (Å²) in [6.45, 7) is 1.79. The van der Waals surface area contributed by atoms with Crippen LogP contribution in [0, 0.1) is 6.92 Å². The van der Waals surface area contributed by atoms with Crippen LogP contribution in [-0.4, -0.2) is 18.4 Å². The summed E-state index contributed by atoms with van der Waals surface area (Å²) in [6.07, 6.45) is 0. The van der Waals surface area contributed by atoms with Crippen LogP contribution in [0.5, 0.6) is 5.75 Å². The van der Waals surface area contributed by atoms with Gasteiger partial charge in [0.05, 0.1) is 4.47 Å². The zero-order valence-corrected chi connectivity index (χ0v) is 17.9. The number of rotatable bonds is 6. The lowest BCUT2D eigenvalue weighted by Gasteiger charge is -2.10. The molecule has 5 nitrogen and oxygen atoms in total. The summed E-state index contributed by atoms with van der Waals surface area (Å²) in [4.78, 5) is 24.4. The first-order valence-electron chi connectivity index (χ1n) is 8.76. The molecule has 0 aliphatic carbocycles. The van der Waals surface area contributed by atoms with Crippen molar-refractivity contribution in [2.75, 3.05) is 17.2 Å². The Bertz CT molecular complexity index is 1040. The molecule has 0 aromatic heterocycles. The molecular weight excluding hydrogens is 456 g/mol. The number of nitrogens with one attached hydrogen (secondary N) is 2. The summed E-state index contributed by atoms with van der Waals surface area (Å²) in [7, 11) is 0. The predicted octanol–water partition coefficient (Wildman–Crippen LogP) is 5.68. The van der Waals surface area contributed by atoms with Gasteiger partial charge in [0.15, 0.2) is 6.61 Å². The Labute approximate surface area is 182 Å². The van der Waals surface area contributed by atoms with Crippen molar-refractivity contribution in [1.29, 1.82) is 0 Å². The Kier molecular flexibility index (Phi) is 6.90. The zero-order valence-electron chi connectivity index (χ0n) is 15.5. The highest BCUT2D eigenvalue weighted by molar-refractivity contribution is 9.10. The maximum absolute atomic E-state index is 12.3. The second-order valence-corrected chi connectivity index (χ2v) is 7.60. The van der Waals surface area contributed by atoms with E-state index in [2.05, 4.69) is 26.6 Å². The number of halogens is 2. The van der Waals surface area contributed by atoms with Crippen molar-refractivity contribution in [2.45, 2.75) is 6.92 Å². The molecule has 0 unspecified atom stereocenters. The summed E-state index contributed by atoms with van der Waals surface area (Å²) in [5.74, 6) is 0.0367. The van der Waals surface area contributed by atoms with Crippen LogP contribution < -0.4 is 15.4 Å². The molecule has 148 valence electrons. The van der Waals surface area contributed by atoms with E-state index in [4.69, 9.17) is 16.3 Å². The van der Waals surface area contributed by atoms with E-state index in [9.17, 15) is 9.59 Å². The molecule has 0 radical (unpaired) electrons. The second kappa shape index (κ2) is 9.58. The number of hydrogen-bond donors (Lipinski definition) is 2. The molecular formula is C22H18BrClN2O3. The van der Waals surface area contributed by atoms with E-state index in [0.717, 1.165) is 5.56 Å². The van der Waals surface area contributed by atoms with Crippen molar-refractivity contribution >= 4 is 50.7 Å². The number of amides is 2. The first kappa shape index (κ1) is 20.9. The average Bonchev–Trinajstić information content (AvgIpc) is 2.69. The van der Waals surface area contributed by atoms with Crippen LogP contribution in [0.3, 0.4) is 0 Å². The third kappa shape index (κ3) is 6.07. The van der Waals surface area contributed by atoms with Gasteiger partial charge in [-0.2, -0.15) is 0 Å². The topological polar surface area (TPSA) is 67.4 Å². The molecule has 0 saturated heterocycles. The number of benzene rings is 3. The summed E-state index contributed by atoms with van der Waals surface area (Å²) < 4.78 is 6.16. The van der Waals surface area contributed by atoms with Crippen molar-refractivity contribution in [1.82, 2.24) is 0 Å². The lowest BCUT2D eigenvalue weighted by Crippen LogP contribution is -2.20. The lowest BCUT2D eigenvalue weighted by molar-refractivity contribution is -0.118. The van der Waals surface area contributed by atoms with Crippen LogP contribution in [0.25, 0.3) is 0 Å². The Hall–Kier alpha value is -2.83. The van der Waals surface area contributed by atoms with Crippen LogP contribution in [0.1, 0.15) is 15.9 Å². The summed E-state index contributed by atoms with van der Waals surface area (Å²) in [5, 5.41) is 6.15. The van der Waals surface area contributed by atoms with Crippen LogP contribution in [0.15, 0.2) is 71.2 Å². The first-order valence-corrected chi connectivity index (χ1v) is 9.93. The molecule has 2 N–H and O–H groups in total. The van der Waals surface area contributed by atoms with Gasteiger partial charge in [-0.1, -0.05) is 29.3 Å². The minimum atomic E-state index is -0.302. The second-order valence-electron chi connectivity index (χ2n) is 6.31. The van der Waals surface area contributed by atoms with Crippen LogP contribution in [0.4, 0.5) is 11.4 Å². The highest BCUT2D eigenvalue weighted by atomic mass is 79.9. The van der Waals surface area contributed by atoms with E-state index in [-0.39, 0.29) is 18.4 Å². The lowest BCUT2D eigenvalue weighted by atomic mass is 10.1. The molecule has 0 aliphatic rings. The summed E-state index contributed by atoms with van der Waals surface area (Å²) >= 11 is 9.22. The van der Waals surface area contributed by atoms with Gasteiger partial charge in [-0.25, -0.2) is 0 Å². The van der Waals surface area contributed by atoms with Crippen LogP contribution in [-0.2, 0) is 4.79 Å². The van der Waals surface area contributed by atoms with Gasteiger partial charge < -0.3 is 15.4 Å². The molecule has 0 heterocycles. The van der Waals surface area contributed by atoms with E-state index < -0.39 is 0 Å². The molecule has 3 aromatic carbocycles. The smallest absolute Gasteiger partial charge is 0.262 e. The number of carbonyl (C=O) groups is 2. The maximum Gasteiger partial charge on any atom is 0.262 e. The molecule has 0 saturated carbocycles. The zero-order chi connectivity index (χ0) is 20.8. The average molecular weight is 474 g/mol. The molecule has 3 rings (SSSR count). The first-order chi connectivity index (χ1) is 13.9. The number of hydrogen-bond acceptors (Lipinski definition) is 3. The van der Waals surface area contributed by atoms with Gasteiger partial charge in [0.1, 0.15) is 5.75 Å². The fourth-order valence-corrected chi connectivity index (χ4v) is 3.36. The van der Waals surface area contributed by atoms with Crippen LogP contribution >= 0.6 is 27.5 Å². The molecule has 0 bridgehead atoms. The Balaban J connectivity index is 1.53. The maximum atomic E-state index is 12.3. The van der Waals surface area contributed by atoms with Gasteiger partial charge in [0.2, 0.25) is 0 Å². The van der Waals surface area contributed by atoms with Crippen molar-refractivity contribution in [3.05, 3.63) is 87.4 Å². The van der Waals surface area contributed by atoms with Gasteiger partial charge >= 0.3 is 0 Å². The molecule has 0 atom stereocenters. The Morgan fingerprint density at radius 2 is 1.66 bits per heavy atom. The van der Waals surface area contributed by atoms with Crippen molar-refractivity contribution < 1.29 is 14.3 Å². The molecule has 0 fully saturated rings. The largest absolute Gasteiger partial charge is 0.483 e. The fraction of sp³-hybridized carbons (Fsp3) is 0.0909. The third-order valence-electron chi connectivity index (χ3n) is 3.96. The molecule has 7 heteroatoms. The monoisotopic (exact) mass is 472 g/mol. The van der Waals surface area contributed by atoms with E-state index in [1.165, 1.54) is 0 Å². The van der Waals surface area contributed by atoms with E-state index in [1.54, 1.807) is 48.5 Å². The quantitative estimate of drug-likeness (QED) is 0.484. The summed E-state index contributed by atoms with van der Waals surface area (Å²) in [6, 6.07) is 19.3. The van der Waals surface area contributed by atoms with E-state index >= 15 is 0 Å². The minimum absolute atomic E-state index is 0.147. The van der Waals surface area contributed by atoms with Gasteiger partial charge in [0.25, 0.3) is 11.8 Å². The number of anilines is 2. The molecule has 0 aliphatic heterocycles. The van der Waals surface area contributed by atoms with Crippen LogP contribution in [0.2, 0.25) is 5.02 Å². The standard InChI is InChI=1S/C22H18BrClN2O3/c1-14-3-2-4-15(11-14)22(28)26-18-8-6-17(7-9-18)25-21(27)13-29-20-10-5-16(24)12-19(20)23/h2-12H,13H2,1H3,(H,25,27)(H,26,28). The molecule has 2 amide bonds. The van der Waals surface area contributed by atoms with E-state index in [1.807, 2.05) is 25.1 Å². The highest BCUT2D eigenvalue weighted by Crippen LogP contribution is 2.28. The molecule has 29 heavy (non-hydrogen) atoms. The third-order valence-corrected chi connectivity index (χ3v) is 4.81. The number of ether oxygens (including phenoxy) is 1. The van der Waals surface area contributed by atoms with Gasteiger partial charge in [-0.15, -0.1) is 0 Å². The van der Waals surface area contributed by atoms with Crippen molar-refractivity contribution in [3.63, 3.8) is 0 Å². The predicted molar refractivity (Wildman–Crippen MR) is 119 cm³/mol. The van der Waals surface area contributed by atoms with Gasteiger partial charge in [-0.05, 0) is 77.5 Å². The normalized spacial score (nSPS) is 10.3. The minimum Gasteiger partial charge on any atom is -0.483 e. The SMILES string of the molecule is Cc1cccc(C(=O)Nc2ccc(NC(=O)COc3ccc(Cl)cc3Br)cc2)c1. The van der Waals surface area contributed by atoms with Crippen molar-refractivity contribution in [2.24, 2.45) is 0 Å². The fourth-order valence-electron chi connectivity index (χ4n) is 2.56. The van der Waals surface area contributed by atoms with Gasteiger partial charge in [-0.3, -0.25) is 9.59 Å².